The average Bonchev–Trinajstić information content (AvgIpc) is 2.32. The zero-order chi connectivity index (χ0) is 15.7. The van der Waals surface area contributed by atoms with E-state index in [1.807, 2.05) is 25.9 Å². The highest BCUT2D eigenvalue weighted by atomic mass is 16.5. The van der Waals surface area contributed by atoms with E-state index in [9.17, 15) is 14.4 Å². The summed E-state index contributed by atoms with van der Waals surface area (Å²) < 4.78 is 4.43. The van der Waals surface area contributed by atoms with Crippen LogP contribution in [0.3, 0.4) is 0 Å². The third-order valence-corrected chi connectivity index (χ3v) is 2.48. The highest BCUT2D eigenvalue weighted by molar-refractivity contribution is 5.83. The number of carbonyl (C=O) groups is 3. The van der Waals surface area contributed by atoms with Crippen molar-refractivity contribution in [1.29, 1.82) is 0 Å². The van der Waals surface area contributed by atoms with Gasteiger partial charge in [-0.15, -0.1) is 0 Å². The van der Waals surface area contributed by atoms with Gasteiger partial charge in [0, 0.05) is 19.0 Å². The lowest BCUT2D eigenvalue weighted by molar-refractivity contribution is -0.142. The summed E-state index contributed by atoms with van der Waals surface area (Å²) in [6.07, 6.45) is -0.0848. The summed E-state index contributed by atoms with van der Waals surface area (Å²) in [7, 11) is 4.96. The molecule has 3 N–H and O–H groups in total. The van der Waals surface area contributed by atoms with Gasteiger partial charge >= 0.3 is 18.0 Å². The molecule has 0 aliphatic heterocycles. The van der Waals surface area contributed by atoms with Gasteiger partial charge in [-0.2, -0.15) is 0 Å². The third-order valence-electron chi connectivity index (χ3n) is 2.48. The minimum atomic E-state index is -1.19. The maximum atomic E-state index is 11.6. The molecule has 116 valence electrons. The maximum absolute atomic E-state index is 11.6. The summed E-state index contributed by atoms with van der Waals surface area (Å²) in [5, 5.41) is 13.9. The van der Waals surface area contributed by atoms with E-state index in [0.717, 1.165) is 0 Å². The summed E-state index contributed by atoms with van der Waals surface area (Å²) in [5.41, 5.74) is 0. The number of urea groups is 1. The van der Waals surface area contributed by atoms with Crippen molar-refractivity contribution in [1.82, 2.24) is 15.5 Å². The molecule has 0 aromatic heterocycles. The minimum absolute atomic E-state index is 0.0164. The highest BCUT2D eigenvalue weighted by Gasteiger charge is 2.21. The lowest BCUT2D eigenvalue weighted by Crippen LogP contribution is -2.50. The Hall–Kier alpha value is -1.83. The van der Waals surface area contributed by atoms with E-state index in [4.69, 9.17) is 5.11 Å². The number of nitrogens with zero attached hydrogens (tertiary/aromatic N) is 1. The fourth-order valence-electron chi connectivity index (χ4n) is 1.64. The predicted octanol–water partition coefficient (Wildman–Crippen LogP) is -0.358. The monoisotopic (exact) mass is 289 g/mol. The van der Waals surface area contributed by atoms with Gasteiger partial charge in [0.15, 0.2) is 0 Å². The lowest BCUT2D eigenvalue weighted by atomic mass is 10.1. The molecule has 0 heterocycles. The molecule has 20 heavy (non-hydrogen) atoms. The van der Waals surface area contributed by atoms with Crippen LogP contribution in [0.5, 0.6) is 0 Å². The first-order valence-corrected chi connectivity index (χ1v) is 6.27. The van der Waals surface area contributed by atoms with Gasteiger partial charge in [-0.05, 0) is 27.4 Å². The van der Waals surface area contributed by atoms with Crippen molar-refractivity contribution in [2.24, 2.45) is 0 Å². The predicted molar refractivity (Wildman–Crippen MR) is 72.4 cm³/mol. The minimum Gasteiger partial charge on any atom is -0.480 e. The van der Waals surface area contributed by atoms with Gasteiger partial charge in [0.05, 0.1) is 7.11 Å². The number of carboxylic acids is 1. The molecule has 8 heteroatoms. The Bertz CT molecular complexity index is 346. The molecule has 0 aromatic rings. The summed E-state index contributed by atoms with van der Waals surface area (Å²) >= 11 is 0. The second-order valence-electron chi connectivity index (χ2n) is 4.79. The van der Waals surface area contributed by atoms with Crippen molar-refractivity contribution in [3.63, 3.8) is 0 Å². The summed E-state index contributed by atoms with van der Waals surface area (Å²) in [4.78, 5) is 35.5. The van der Waals surface area contributed by atoms with Crippen molar-refractivity contribution >= 4 is 18.0 Å². The Labute approximate surface area is 118 Å². The Kier molecular flexibility index (Phi) is 8.30. The zero-order valence-corrected chi connectivity index (χ0v) is 12.3. The normalized spacial score (nSPS) is 13.4. The highest BCUT2D eigenvalue weighted by Crippen LogP contribution is 1.99. The molecule has 0 spiro atoms. The number of methoxy groups -OCH3 is 1. The molecule has 0 aromatic carbocycles. The summed E-state index contributed by atoms with van der Waals surface area (Å²) in [5.74, 6) is -1.70. The van der Waals surface area contributed by atoms with E-state index in [1.54, 1.807) is 0 Å². The largest absolute Gasteiger partial charge is 0.480 e. The molecular formula is C12H23N3O5. The molecule has 0 bridgehead atoms. The van der Waals surface area contributed by atoms with Crippen molar-refractivity contribution < 1.29 is 24.2 Å². The number of nitrogens with one attached hydrogen (secondary N) is 2. The van der Waals surface area contributed by atoms with Crippen LogP contribution in [-0.2, 0) is 14.3 Å². The van der Waals surface area contributed by atoms with Gasteiger partial charge in [-0.1, -0.05) is 0 Å². The van der Waals surface area contributed by atoms with Crippen LogP contribution in [0.2, 0.25) is 0 Å². The summed E-state index contributed by atoms with van der Waals surface area (Å²) in [6.45, 7) is 2.44. The van der Waals surface area contributed by atoms with E-state index >= 15 is 0 Å². The third kappa shape index (κ3) is 8.30. The first-order valence-electron chi connectivity index (χ1n) is 6.27. The number of ether oxygens (including phenoxy) is 1. The molecule has 0 aliphatic carbocycles. The molecule has 0 saturated heterocycles. The Morgan fingerprint density at radius 2 is 1.85 bits per heavy atom. The molecule has 2 atom stereocenters. The van der Waals surface area contributed by atoms with E-state index in [2.05, 4.69) is 15.4 Å². The number of hydrogen-bond acceptors (Lipinski definition) is 5. The number of amides is 2. The number of esters is 1. The molecule has 1 unspecified atom stereocenters. The standard InChI is InChI=1S/C12H23N3O5/c1-8(7-15(2)3)13-12(19)14-9(11(17)18)5-6-10(16)20-4/h8-9H,5-7H2,1-4H3,(H,17,18)(H2,13,14,19)/t8?,9-/m1/s1. The fourth-order valence-corrected chi connectivity index (χ4v) is 1.64. The Morgan fingerprint density at radius 3 is 2.30 bits per heavy atom. The van der Waals surface area contributed by atoms with Crippen LogP contribution < -0.4 is 10.6 Å². The Morgan fingerprint density at radius 1 is 1.25 bits per heavy atom. The number of carbonyl (C=O) groups excluding carboxylic acids is 2. The first-order chi connectivity index (χ1) is 9.26. The second-order valence-corrected chi connectivity index (χ2v) is 4.79. The van der Waals surface area contributed by atoms with Gasteiger partial charge in [0.1, 0.15) is 6.04 Å². The van der Waals surface area contributed by atoms with E-state index in [0.29, 0.717) is 6.54 Å². The van der Waals surface area contributed by atoms with Crippen molar-refractivity contribution in [3.05, 3.63) is 0 Å². The maximum Gasteiger partial charge on any atom is 0.326 e. The van der Waals surface area contributed by atoms with E-state index < -0.39 is 24.0 Å². The SMILES string of the molecule is COC(=O)CC[C@@H](NC(=O)NC(C)CN(C)C)C(=O)O. The number of likely N-dealkylation sites (N-methyl/N-ethyl adjacent to an activating group) is 1. The molecule has 0 rings (SSSR count). The van der Waals surface area contributed by atoms with E-state index in [-0.39, 0.29) is 18.9 Å². The van der Waals surface area contributed by atoms with Crippen LogP contribution in [0.4, 0.5) is 4.79 Å². The number of rotatable bonds is 8. The van der Waals surface area contributed by atoms with Crippen LogP contribution in [0.25, 0.3) is 0 Å². The van der Waals surface area contributed by atoms with E-state index in [1.165, 1.54) is 7.11 Å². The van der Waals surface area contributed by atoms with Gasteiger partial charge in [-0.25, -0.2) is 9.59 Å². The molecule has 8 nitrogen and oxygen atoms in total. The van der Waals surface area contributed by atoms with Gasteiger partial charge in [0.25, 0.3) is 0 Å². The van der Waals surface area contributed by atoms with Crippen LogP contribution in [-0.4, -0.2) is 67.8 Å². The second kappa shape index (κ2) is 9.13. The quantitative estimate of drug-likeness (QED) is 0.527. The lowest BCUT2D eigenvalue weighted by Gasteiger charge is -2.20. The topological polar surface area (TPSA) is 108 Å². The number of carboxylic acid groups (broad SMARTS) is 1. The van der Waals surface area contributed by atoms with Crippen molar-refractivity contribution in [2.45, 2.75) is 31.8 Å². The van der Waals surface area contributed by atoms with Gasteiger partial charge in [-0.3, -0.25) is 4.79 Å². The summed E-state index contributed by atoms with van der Waals surface area (Å²) in [6, 6.07) is -1.82. The molecule has 0 fully saturated rings. The first kappa shape index (κ1) is 18.2. The van der Waals surface area contributed by atoms with Crippen molar-refractivity contribution in [2.75, 3.05) is 27.7 Å². The molecule has 0 aliphatic rings. The van der Waals surface area contributed by atoms with Gasteiger partial charge < -0.3 is 25.4 Å². The van der Waals surface area contributed by atoms with Crippen LogP contribution in [0.15, 0.2) is 0 Å². The number of aliphatic carboxylic acids is 1. The zero-order valence-electron chi connectivity index (χ0n) is 12.3. The molecule has 2 amide bonds. The van der Waals surface area contributed by atoms with Crippen molar-refractivity contribution in [3.8, 4) is 0 Å². The molecule has 0 saturated carbocycles. The smallest absolute Gasteiger partial charge is 0.326 e. The van der Waals surface area contributed by atoms with Crippen LogP contribution in [0, 0.1) is 0 Å². The van der Waals surface area contributed by atoms with Gasteiger partial charge in [0.2, 0.25) is 0 Å². The molecule has 0 radical (unpaired) electrons. The molecular weight excluding hydrogens is 266 g/mol. The van der Waals surface area contributed by atoms with Crippen LogP contribution >= 0.6 is 0 Å². The average molecular weight is 289 g/mol. The Balaban J connectivity index is 4.27. The van der Waals surface area contributed by atoms with Crippen LogP contribution in [0.1, 0.15) is 19.8 Å². The fraction of sp³-hybridized carbons (Fsp3) is 0.750. The number of hydrogen-bond donors (Lipinski definition) is 3.